The monoisotopic (exact) mass is 991 g/mol. The van der Waals surface area contributed by atoms with Crippen LogP contribution in [0.2, 0.25) is 0 Å². The SMILES string of the molecule is CC(C)(C)C.NCc1cc(Oc2cccc(C(=O)Nc3cccc(C(I)(I)C(I)I)c3)c2)nc(C(F)(F)F)c1. The number of anilines is 1. The maximum absolute atomic E-state index is 13.1. The highest BCUT2D eigenvalue weighted by atomic mass is 127. The average molecular weight is 991 g/mol. The molecule has 0 spiro atoms. The first kappa shape index (κ1) is 34.7. The van der Waals surface area contributed by atoms with Gasteiger partial charge in [0.15, 0.2) is 0 Å². The van der Waals surface area contributed by atoms with E-state index in [1.165, 1.54) is 18.2 Å². The number of hydrogen-bond acceptors (Lipinski definition) is 4. The second kappa shape index (κ2) is 14.6. The van der Waals surface area contributed by atoms with Crippen molar-refractivity contribution in [2.24, 2.45) is 11.1 Å². The maximum Gasteiger partial charge on any atom is 0.433 e. The third kappa shape index (κ3) is 11.7. The number of benzene rings is 2. The molecule has 1 heterocycles. The predicted molar refractivity (Wildman–Crippen MR) is 185 cm³/mol. The summed E-state index contributed by atoms with van der Waals surface area (Å²) in [7, 11) is 0. The number of hydrogen-bond donors (Lipinski definition) is 2. The third-order valence-corrected chi connectivity index (χ3v) is 13.6. The highest BCUT2D eigenvalue weighted by molar-refractivity contribution is 14.2. The van der Waals surface area contributed by atoms with Gasteiger partial charge in [0, 0.05) is 23.9 Å². The molecular formula is C27H28F3I4N3O2. The Bertz CT molecular complexity index is 1270. The van der Waals surface area contributed by atoms with Crippen LogP contribution in [0.3, 0.4) is 0 Å². The molecule has 0 saturated carbocycles. The summed E-state index contributed by atoms with van der Waals surface area (Å²) in [6, 6.07) is 15.9. The Morgan fingerprint density at radius 3 is 2.18 bits per heavy atom. The Morgan fingerprint density at radius 1 is 1.00 bits per heavy atom. The second-order valence-corrected chi connectivity index (χ2v) is 20.3. The lowest BCUT2D eigenvalue weighted by Crippen LogP contribution is -2.17. The maximum atomic E-state index is 13.1. The van der Waals surface area contributed by atoms with Crippen molar-refractivity contribution in [2.75, 3.05) is 5.32 Å². The van der Waals surface area contributed by atoms with Gasteiger partial charge in [-0.2, -0.15) is 13.2 Å². The molecule has 212 valence electrons. The Hall–Kier alpha value is -0.470. The minimum atomic E-state index is -4.64. The molecule has 1 aromatic heterocycles. The van der Waals surface area contributed by atoms with E-state index >= 15 is 0 Å². The van der Waals surface area contributed by atoms with Crippen molar-refractivity contribution in [1.82, 2.24) is 4.98 Å². The number of halogens is 7. The first-order chi connectivity index (χ1) is 17.9. The molecule has 0 aliphatic carbocycles. The van der Waals surface area contributed by atoms with E-state index < -0.39 is 11.9 Å². The molecule has 0 aliphatic rings. The summed E-state index contributed by atoms with van der Waals surface area (Å²) in [5.41, 5.74) is 7.12. The van der Waals surface area contributed by atoms with Crippen molar-refractivity contribution in [3.63, 3.8) is 0 Å². The molecule has 39 heavy (non-hydrogen) atoms. The molecule has 0 aliphatic heterocycles. The van der Waals surface area contributed by atoms with Crippen molar-refractivity contribution in [1.29, 1.82) is 0 Å². The lowest BCUT2D eigenvalue weighted by atomic mass is 10.0. The number of alkyl halides is 7. The second-order valence-electron chi connectivity index (χ2n) is 9.99. The number of carbonyl (C=O) groups excluding carboxylic acids is 1. The quantitative estimate of drug-likeness (QED) is 0.183. The van der Waals surface area contributed by atoms with Crippen LogP contribution in [-0.2, 0) is 14.1 Å². The lowest BCUT2D eigenvalue weighted by molar-refractivity contribution is -0.141. The zero-order valence-corrected chi connectivity index (χ0v) is 30.2. The van der Waals surface area contributed by atoms with Crippen LogP contribution >= 0.6 is 90.4 Å². The number of nitrogens with zero attached hydrogens (tertiary/aromatic N) is 1. The lowest BCUT2D eigenvalue weighted by Gasteiger charge is -2.23. The van der Waals surface area contributed by atoms with Crippen LogP contribution < -0.4 is 15.8 Å². The van der Waals surface area contributed by atoms with Crippen LogP contribution in [0.25, 0.3) is 0 Å². The summed E-state index contributed by atoms with van der Waals surface area (Å²) < 4.78 is 45.1. The molecule has 2 aromatic carbocycles. The van der Waals surface area contributed by atoms with Gasteiger partial charge in [0.05, 0.1) is 1.93 Å². The number of amides is 1. The van der Waals surface area contributed by atoms with Gasteiger partial charge in [0.1, 0.15) is 12.9 Å². The fraction of sp³-hybridized carbons (Fsp3) is 0.333. The number of nitrogens with two attached hydrogens (primary N) is 1. The van der Waals surface area contributed by atoms with Crippen molar-refractivity contribution >= 4 is 102 Å². The number of aromatic nitrogens is 1. The first-order valence-electron chi connectivity index (χ1n) is 11.5. The summed E-state index contributed by atoms with van der Waals surface area (Å²) in [4.78, 5) is 16.4. The minimum absolute atomic E-state index is 0.102. The van der Waals surface area contributed by atoms with Crippen molar-refractivity contribution in [3.05, 3.63) is 83.0 Å². The largest absolute Gasteiger partial charge is 0.439 e. The molecule has 3 N–H and O–H groups in total. The van der Waals surface area contributed by atoms with Gasteiger partial charge in [-0.25, -0.2) is 4.98 Å². The number of ether oxygens (including phenoxy) is 1. The van der Waals surface area contributed by atoms with Crippen LogP contribution in [0.1, 0.15) is 54.9 Å². The number of carbonyl (C=O) groups is 1. The van der Waals surface area contributed by atoms with E-state index in [9.17, 15) is 18.0 Å². The molecule has 0 bridgehead atoms. The predicted octanol–water partition coefficient (Wildman–Crippen LogP) is 9.87. The van der Waals surface area contributed by atoms with E-state index in [0.717, 1.165) is 11.6 Å². The fourth-order valence-electron chi connectivity index (χ4n) is 2.83. The third-order valence-electron chi connectivity index (χ3n) is 4.49. The fourth-order valence-corrected chi connectivity index (χ4v) is 4.22. The van der Waals surface area contributed by atoms with Gasteiger partial charge >= 0.3 is 6.18 Å². The molecule has 0 unspecified atom stereocenters. The molecule has 5 nitrogen and oxygen atoms in total. The summed E-state index contributed by atoms with van der Waals surface area (Å²) in [6.07, 6.45) is -4.64. The standard InChI is InChI=1S/C22H16F3I4N3O2.C5H12/c23-22(24,25)17-7-12(11-30)8-18(32-17)34-16-6-1-3-13(9-16)19(33)31-15-5-2-4-14(10-15)21(28,29)20(26)27;1-5(2,3)4/h1-10,20H,11,30H2,(H,31,33);1-4H3. The molecule has 0 fully saturated rings. The van der Waals surface area contributed by atoms with E-state index in [0.29, 0.717) is 13.0 Å². The smallest absolute Gasteiger partial charge is 0.433 e. The van der Waals surface area contributed by atoms with Gasteiger partial charge < -0.3 is 15.8 Å². The molecular weight excluding hydrogens is 963 g/mol. The molecule has 3 rings (SSSR count). The van der Waals surface area contributed by atoms with E-state index in [2.05, 4.69) is 128 Å². The van der Waals surface area contributed by atoms with E-state index in [1.54, 1.807) is 18.2 Å². The summed E-state index contributed by atoms with van der Waals surface area (Å²) in [6.45, 7) is 8.65. The Morgan fingerprint density at radius 2 is 1.62 bits per heavy atom. The van der Waals surface area contributed by atoms with Gasteiger partial charge in [0.25, 0.3) is 5.91 Å². The molecule has 3 aromatic rings. The normalized spacial score (nSPS) is 12.0. The zero-order chi connectivity index (χ0) is 29.6. The molecule has 12 heteroatoms. The number of nitrogens with one attached hydrogen (secondary N) is 1. The van der Waals surface area contributed by atoms with E-state index in [-0.39, 0.29) is 36.6 Å². The summed E-state index contributed by atoms with van der Waals surface area (Å²) in [5.74, 6) is -0.462. The summed E-state index contributed by atoms with van der Waals surface area (Å²) >= 11 is 9.47. The van der Waals surface area contributed by atoms with E-state index in [4.69, 9.17) is 10.5 Å². The van der Waals surface area contributed by atoms with Crippen LogP contribution in [0.4, 0.5) is 18.9 Å². The molecule has 0 saturated heterocycles. The van der Waals surface area contributed by atoms with Crippen molar-refractivity contribution in [2.45, 2.75) is 43.8 Å². The van der Waals surface area contributed by atoms with Crippen molar-refractivity contribution in [3.8, 4) is 11.6 Å². The van der Waals surface area contributed by atoms with Crippen LogP contribution in [0, 0.1) is 5.41 Å². The minimum Gasteiger partial charge on any atom is -0.439 e. The van der Waals surface area contributed by atoms with Gasteiger partial charge in [-0.15, -0.1) is 0 Å². The number of rotatable bonds is 7. The summed E-state index contributed by atoms with van der Waals surface area (Å²) in [5, 5.41) is 2.86. The molecule has 0 radical (unpaired) electrons. The number of pyridine rings is 1. The zero-order valence-electron chi connectivity index (χ0n) is 21.5. The van der Waals surface area contributed by atoms with Gasteiger partial charge in [-0.1, -0.05) is 136 Å². The molecule has 0 atom stereocenters. The van der Waals surface area contributed by atoms with Gasteiger partial charge in [0.2, 0.25) is 5.88 Å². The van der Waals surface area contributed by atoms with Crippen molar-refractivity contribution < 1.29 is 22.7 Å². The van der Waals surface area contributed by atoms with Crippen LogP contribution in [0.15, 0.2) is 60.7 Å². The van der Waals surface area contributed by atoms with Gasteiger partial charge in [-0.3, -0.25) is 4.79 Å². The average Bonchev–Trinajstić information content (AvgIpc) is 2.82. The first-order valence-corrected chi connectivity index (χ1v) is 16.2. The highest BCUT2D eigenvalue weighted by Crippen LogP contribution is 2.49. The Labute approximate surface area is 281 Å². The van der Waals surface area contributed by atoms with E-state index in [1.807, 2.05) is 18.2 Å². The highest BCUT2D eigenvalue weighted by Gasteiger charge is 2.34. The topological polar surface area (TPSA) is 77.2 Å². The molecule has 1 amide bonds. The van der Waals surface area contributed by atoms with Crippen LogP contribution in [0.5, 0.6) is 11.6 Å². The Balaban J connectivity index is 0.000000976. The Kier molecular flexibility index (Phi) is 13.0. The van der Waals surface area contributed by atoms with Gasteiger partial charge in [-0.05, 0) is 52.9 Å². The van der Waals surface area contributed by atoms with Crippen LogP contribution in [-0.4, -0.2) is 12.8 Å².